The van der Waals surface area contributed by atoms with Gasteiger partial charge in [0.15, 0.2) is 0 Å². The van der Waals surface area contributed by atoms with Crippen molar-refractivity contribution in [2.45, 2.75) is 19.9 Å². The van der Waals surface area contributed by atoms with Crippen molar-refractivity contribution < 1.29 is 18.8 Å². The first-order valence-electron chi connectivity index (χ1n) is 11.0. The maximum Gasteiger partial charge on any atom is 0.326 e. The number of benzene rings is 3. The van der Waals surface area contributed by atoms with E-state index in [-0.39, 0.29) is 24.9 Å². The van der Waals surface area contributed by atoms with E-state index in [1.54, 1.807) is 24.3 Å². The van der Waals surface area contributed by atoms with Crippen LogP contribution in [0.25, 0.3) is 0 Å². The zero-order valence-electron chi connectivity index (χ0n) is 18.8. The molecular formula is C26H25FN4O3. The lowest BCUT2D eigenvalue weighted by atomic mass is 10.1. The predicted molar refractivity (Wildman–Crippen MR) is 129 cm³/mol. The molecule has 174 valence electrons. The van der Waals surface area contributed by atoms with E-state index in [0.717, 1.165) is 12.0 Å². The number of amides is 4. The zero-order valence-corrected chi connectivity index (χ0v) is 18.8. The second-order valence-electron chi connectivity index (χ2n) is 7.94. The molecular weight excluding hydrogens is 435 g/mol. The summed E-state index contributed by atoms with van der Waals surface area (Å²) >= 11 is 0. The Bertz CT molecular complexity index is 1200. The lowest BCUT2D eigenvalue weighted by molar-refractivity contribution is -0.123. The Balaban J connectivity index is 1.44. The number of urea groups is 1. The van der Waals surface area contributed by atoms with Crippen LogP contribution in [0.2, 0.25) is 0 Å². The van der Waals surface area contributed by atoms with Gasteiger partial charge in [-0.1, -0.05) is 43.3 Å². The number of halogens is 1. The van der Waals surface area contributed by atoms with Gasteiger partial charge in [-0.2, -0.15) is 0 Å². The third-order valence-corrected chi connectivity index (χ3v) is 5.62. The molecule has 0 aromatic heterocycles. The van der Waals surface area contributed by atoms with E-state index in [4.69, 9.17) is 0 Å². The number of hydrogen-bond donors (Lipinski definition) is 2. The van der Waals surface area contributed by atoms with Crippen LogP contribution in [-0.4, -0.2) is 30.9 Å². The smallest absolute Gasteiger partial charge is 0.326 e. The van der Waals surface area contributed by atoms with Crippen molar-refractivity contribution in [3.63, 3.8) is 0 Å². The first-order valence-corrected chi connectivity index (χ1v) is 11.0. The number of aryl methyl sites for hydroxylation is 1. The molecule has 0 aliphatic carbocycles. The number of fused-ring (bicyclic) bond motifs is 1. The highest BCUT2D eigenvalue weighted by Gasteiger charge is 2.33. The summed E-state index contributed by atoms with van der Waals surface area (Å²) in [6.07, 6.45) is 0.946. The molecule has 0 saturated carbocycles. The Morgan fingerprint density at radius 3 is 2.24 bits per heavy atom. The number of carbonyl (C=O) groups excluding carboxylic acids is 3. The summed E-state index contributed by atoms with van der Waals surface area (Å²) in [5.74, 6) is -1.09. The topological polar surface area (TPSA) is 81.8 Å². The van der Waals surface area contributed by atoms with Crippen molar-refractivity contribution >= 4 is 34.9 Å². The number of carbonyl (C=O) groups is 3. The first kappa shape index (κ1) is 23.0. The number of rotatable bonds is 6. The highest BCUT2D eigenvalue weighted by atomic mass is 19.1. The fraction of sp³-hybridized carbons (Fsp3) is 0.192. The normalized spacial score (nSPS) is 12.8. The van der Waals surface area contributed by atoms with Crippen LogP contribution in [-0.2, 0) is 22.6 Å². The summed E-state index contributed by atoms with van der Waals surface area (Å²) in [6.45, 7) is 2.06. The van der Waals surface area contributed by atoms with Gasteiger partial charge in [-0.15, -0.1) is 0 Å². The van der Waals surface area contributed by atoms with E-state index in [1.165, 1.54) is 39.6 Å². The summed E-state index contributed by atoms with van der Waals surface area (Å²) in [5, 5.41) is 5.52. The summed E-state index contributed by atoms with van der Waals surface area (Å²) in [7, 11) is 0. The van der Waals surface area contributed by atoms with Crippen molar-refractivity contribution in [2.24, 2.45) is 0 Å². The van der Waals surface area contributed by atoms with Crippen LogP contribution >= 0.6 is 0 Å². The van der Waals surface area contributed by atoms with Gasteiger partial charge < -0.3 is 10.6 Å². The van der Waals surface area contributed by atoms with Crippen LogP contribution in [0.5, 0.6) is 0 Å². The second kappa shape index (κ2) is 10.2. The monoisotopic (exact) mass is 460 g/mol. The largest absolute Gasteiger partial charge is 0.350 e. The molecule has 0 bridgehead atoms. The molecule has 0 radical (unpaired) electrons. The summed E-state index contributed by atoms with van der Waals surface area (Å²) in [6, 6.07) is 19.7. The van der Waals surface area contributed by atoms with Crippen molar-refractivity contribution in [3.8, 4) is 0 Å². The highest BCUT2D eigenvalue weighted by molar-refractivity contribution is 6.15. The molecule has 3 aromatic carbocycles. The van der Waals surface area contributed by atoms with Gasteiger partial charge in [0.05, 0.1) is 11.4 Å². The average molecular weight is 461 g/mol. The van der Waals surface area contributed by atoms with E-state index in [1.807, 2.05) is 24.3 Å². The Morgan fingerprint density at radius 1 is 0.912 bits per heavy atom. The van der Waals surface area contributed by atoms with E-state index in [2.05, 4.69) is 17.6 Å². The minimum Gasteiger partial charge on any atom is -0.350 e. The average Bonchev–Trinajstić information content (AvgIpc) is 2.86. The number of hydrogen-bond acceptors (Lipinski definition) is 3. The number of nitrogens with zero attached hydrogens (tertiary/aromatic N) is 2. The van der Waals surface area contributed by atoms with Crippen LogP contribution in [0.15, 0.2) is 72.8 Å². The van der Waals surface area contributed by atoms with Gasteiger partial charge in [0, 0.05) is 12.2 Å². The zero-order chi connectivity index (χ0) is 24.1. The van der Waals surface area contributed by atoms with Gasteiger partial charge in [0.25, 0.3) is 0 Å². The van der Waals surface area contributed by atoms with Gasteiger partial charge in [0.2, 0.25) is 11.8 Å². The molecule has 2 N–H and O–H groups in total. The van der Waals surface area contributed by atoms with Crippen molar-refractivity contribution in [3.05, 3.63) is 89.7 Å². The molecule has 0 atom stereocenters. The third kappa shape index (κ3) is 5.23. The van der Waals surface area contributed by atoms with Crippen LogP contribution in [0.1, 0.15) is 18.1 Å². The second-order valence-corrected chi connectivity index (χ2v) is 7.94. The molecule has 0 unspecified atom stereocenters. The molecule has 4 amide bonds. The Kier molecular flexibility index (Phi) is 6.87. The molecule has 3 aromatic rings. The number of anilines is 3. The van der Waals surface area contributed by atoms with Gasteiger partial charge in [-0.3, -0.25) is 19.4 Å². The Labute approximate surface area is 197 Å². The van der Waals surface area contributed by atoms with Gasteiger partial charge in [-0.05, 0) is 53.9 Å². The summed E-state index contributed by atoms with van der Waals surface area (Å²) in [5.41, 5.74) is 3.57. The lowest BCUT2D eigenvalue weighted by Crippen LogP contribution is -2.51. The molecule has 4 rings (SSSR count). The van der Waals surface area contributed by atoms with Crippen molar-refractivity contribution in [2.75, 3.05) is 28.2 Å². The summed E-state index contributed by atoms with van der Waals surface area (Å²) < 4.78 is 13.2. The lowest BCUT2D eigenvalue weighted by Gasteiger charge is -2.35. The third-order valence-electron chi connectivity index (χ3n) is 5.62. The fourth-order valence-corrected chi connectivity index (χ4v) is 3.73. The van der Waals surface area contributed by atoms with Crippen LogP contribution in [0.3, 0.4) is 0 Å². The van der Waals surface area contributed by atoms with E-state index in [9.17, 15) is 18.8 Å². The van der Waals surface area contributed by atoms with E-state index in [0.29, 0.717) is 23.6 Å². The highest BCUT2D eigenvalue weighted by Crippen LogP contribution is 2.33. The van der Waals surface area contributed by atoms with Gasteiger partial charge >= 0.3 is 6.03 Å². The Morgan fingerprint density at radius 2 is 1.56 bits per heavy atom. The van der Waals surface area contributed by atoms with Gasteiger partial charge in [0.1, 0.15) is 18.9 Å². The van der Waals surface area contributed by atoms with Crippen molar-refractivity contribution in [1.29, 1.82) is 0 Å². The summed E-state index contributed by atoms with van der Waals surface area (Å²) in [4.78, 5) is 41.1. The molecule has 1 aliphatic rings. The molecule has 0 fully saturated rings. The van der Waals surface area contributed by atoms with E-state index >= 15 is 0 Å². The maximum atomic E-state index is 13.2. The maximum absolute atomic E-state index is 13.2. The minimum atomic E-state index is -0.521. The molecule has 7 nitrogen and oxygen atoms in total. The minimum absolute atomic E-state index is 0.156. The van der Waals surface area contributed by atoms with Crippen molar-refractivity contribution in [1.82, 2.24) is 5.32 Å². The fourth-order valence-electron chi connectivity index (χ4n) is 3.73. The molecule has 0 spiro atoms. The molecule has 0 saturated heterocycles. The standard InChI is InChI=1S/C26H25FN4O3/c1-2-18-7-9-19(10-8-18)15-28-24(32)16-30-22-5-3-4-6-23(22)31(17-25(30)33)26(34)29-21-13-11-20(27)12-14-21/h3-14H,2,15-17H2,1H3,(H,28,32)(H,29,34). The first-order chi connectivity index (χ1) is 16.4. The number of para-hydroxylation sites is 2. The molecule has 1 aliphatic heterocycles. The molecule has 8 heteroatoms. The quantitative estimate of drug-likeness (QED) is 0.581. The Hall–Kier alpha value is -4.20. The van der Waals surface area contributed by atoms with E-state index < -0.39 is 11.8 Å². The SMILES string of the molecule is CCc1ccc(CNC(=O)CN2C(=O)CN(C(=O)Nc3ccc(F)cc3)c3ccccc32)cc1. The van der Waals surface area contributed by atoms with Crippen LogP contribution < -0.4 is 20.4 Å². The molecule has 1 heterocycles. The predicted octanol–water partition coefficient (Wildman–Crippen LogP) is 4.09. The van der Waals surface area contributed by atoms with Crippen LogP contribution in [0.4, 0.5) is 26.2 Å². The molecule has 34 heavy (non-hydrogen) atoms. The number of nitrogens with one attached hydrogen (secondary N) is 2. The van der Waals surface area contributed by atoms with Crippen LogP contribution in [0, 0.1) is 5.82 Å². The van der Waals surface area contributed by atoms with Gasteiger partial charge in [-0.25, -0.2) is 9.18 Å².